The zero-order valence-corrected chi connectivity index (χ0v) is 5.09. The Balaban J connectivity index is 2.63. The van der Waals surface area contributed by atoms with Gasteiger partial charge in [-0.2, -0.15) is 0 Å². The predicted molar refractivity (Wildman–Crippen MR) is 32.8 cm³/mol. The van der Waals surface area contributed by atoms with Crippen LogP contribution in [0.25, 0.3) is 0 Å². The second-order valence-corrected chi connectivity index (χ2v) is 1.81. The Hall–Kier alpha value is -0.790. The lowest BCUT2D eigenvalue weighted by atomic mass is 10.4. The maximum absolute atomic E-state index is 4.98. The summed E-state index contributed by atoms with van der Waals surface area (Å²) in [7, 11) is 0. The molecule has 0 aromatic rings. The van der Waals surface area contributed by atoms with Gasteiger partial charge in [0, 0.05) is 5.71 Å². The molecule has 2 heteroatoms. The number of hydrogen-bond donors (Lipinski definition) is 0. The van der Waals surface area contributed by atoms with Gasteiger partial charge in [0.2, 0.25) is 0 Å². The fraction of sp³-hybridized carbons (Fsp3) is 0.500. The lowest BCUT2D eigenvalue weighted by molar-refractivity contribution is 0.167. The second-order valence-electron chi connectivity index (χ2n) is 1.81. The number of ether oxygens (including phenoxy) is 1. The summed E-state index contributed by atoms with van der Waals surface area (Å²) in [5.74, 6) is 0. The SMILES string of the molecule is CC1=NC(C)OC=C1. The van der Waals surface area contributed by atoms with Crippen LogP contribution >= 0.6 is 0 Å². The summed E-state index contributed by atoms with van der Waals surface area (Å²) < 4.78 is 4.98. The molecule has 0 saturated heterocycles. The molecule has 0 aliphatic carbocycles. The molecule has 0 saturated carbocycles. The molecular weight excluding hydrogens is 102 g/mol. The average Bonchev–Trinajstić information content (AvgIpc) is 1.64. The number of nitrogens with zero attached hydrogens (tertiary/aromatic N) is 1. The predicted octanol–water partition coefficient (Wildman–Crippen LogP) is 1.34. The van der Waals surface area contributed by atoms with Crippen LogP contribution in [0.5, 0.6) is 0 Å². The third-order valence-electron chi connectivity index (χ3n) is 0.970. The molecule has 1 unspecified atom stereocenters. The summed E-state index contributed by atoms with van der Waals surface area (Å²) in [6.45, 7) is 3.86. The van der Waals surface area contributed by atoms with Crippen LogP contribution in [0.1, 0.15) is 13.8 Å². The normalized spacial score (nSPS) is 26.8. The molecule has 1 rings (SSSR count). The highest BCUT2D eigenvalue weighted by Gasteiger charge is 1.99. The molecule has 1 atom stereocenters. The van der Waals surface area contributed by atoms with Gasteiger partial charge in [-0.3, -0.25) is 0 Å². The van der Waals surface area contributed by atoms with Gasteiger partial charge in [-0.15, -0.1) is 0 Å². The van der Waals surface area contributed by atoms with Crippen molar-refractivity contribution in [3.05, 3.63) is 12.3 Å². The lowest BCUT2D eigenvalue weighted by Gasteiger charge is -2.09. The van der Waals surface area contributed by atoms with Gasteiger partial charge in [0.05, 0.1) is 6.26 Å². The molecular formula is C6H9NO. The first-order valence-electron chi connectivity index (χ1n) is 2.65. The standard InChI is InChI=1S/C6H9NO/c1-5-3-4-8-6(2)7-5/h3-4,6H,1-2H3. The fourth-order valence-corrected chi connectivity index (χ4v) is 0.612. The van der Waals surface area contributed by atoms with Crippen LogP contribution in [0.4, 0.5) is 0 Å². The Kier molecular flexibility index (Phi) is 1.33. The highest BCUT2D eigenvalue weighted by atomic mass is 16.5. The van der Waals surface area contributed by atoms with E-state index < -0.39 is 0 Å². The summed E-state index contributed by atoms with van der Waals surface area (Å²) in [6.07, 6.45) is 3.53. The van der Waals surface area contributed by atoms with E-state index in [9.17, 15) is 0 Å². The van der Waals surface area contributed by atoms with E-state index in [1.807, 2.05) is 19.9 Å². The summed E-state index contributed by atoms with van der Waals surface area (Å²) in [5, 5.41) is 0. The van der Waals surface area contributed by atoms with E-state index >= 15 is 0 Å². The Labute approximate surface area is 48.9 Å². The highest BCUT2D eigenvalue weighted by Crippen LogP contribution is 2.00. The van der Waals surface area contributed by atoms with Crippen LogP contribution in [-0.2, 0) is 4.74 Å². The minimum Gasteiger partial charge on any atom is -0.477 e. The van der Waals surface area contributed by atoms with Crippen LogP contribution < -0.4 is 0 Å². The van der Waals surface area contributed by atoms with Gasteiger partial charge >= 0.3 is 0 Å². The van der Waals surface area contributed by atoms with Crippen molar-refractivity contribution in [2.24, 2.45) is 4.99 Å². The molecule has 0 bridgehead atoms. The summed E-state index contributed by atoms with van der Waals surface area (Å²) in [4.78, 5) is 4.09. The highest BCUT2D eigenvalue weighted by molar-refractivity contribution is 5.92. The average molecular weight is 111 g/mol. The van der Waals surface area contributed by atoms with Crippen molar-refractivity contribution in [3.63, 3.8) is 0 Å². The first kappa shape index (κ1) is 5.35. The zero-order valence-electron chi connectivity index (χ0n) is 5.09. The van der Waals surface area contributed by atoms with Gasteiger partial charge in [0.15, 0.2) is 6.23 Å². The molecule has 0 fully saturated rings. The molecule has 1 aliphatic rings. The largest absolute Gasteiger partial charge is 0.477 e. The van der Waals surface area contributed by atoms with E-state index in [2.05, 4.69) is 4.99 Å². The Morgan fingerprint density at radius 1 is 1.75 bits per heavy atom. The Morgan fingerprint density at radius 2 is 2.50 bits per heavy atom. The lowest BCUT2D eigenvalue weighted by Crippen LogP contribution is -2.07. The molecule has 1 heterocycles. The zero-order chi connectivity index (χ0) is 5.98. The van der Waals surface area contributed by atoms with Crippen molar-refractivity contribution in [1.29, 1.82) is 0 Å². The van der Waals surface area contributed by atoms with Crippen molar-refractivity contribution in [2.75, 3.05) is 0 Å². The van der Waals surface area contributed by atoms with Gasteiger partial charge in [0.1, 0.15) is 0 Å². The van der Waals surface area contributed by atoms with Gasteiger partial charge in [-0.05, 0) is 19.9 Å². The van der Waals surface area contributed by atoms with Crippen molar-refractivity contribution < 1.29 is 4.74 Å². The minimum absolute atomic E-state index is 0.0139. The molecule has 0 spiro atoms. The topological polar surface area (TPSA) is 21.6 Å². The van der Waals surface area contributed by atoms with Crippen molar-refractivity contribution in [2.45, 2.75) is 20.1 Å². The number of rotatable bonds is 0. The van der Waals surface area contributed by atoms with Gasteiger partial charge in [0.25, 0.3) is 0 Å². The first-order chi connectivity index (χ1) is 3.79. The van der Waals surface area contributed by atoms with E-state index in [-0.39, 0.29) is 6.23 Å². The van der Waals surface area contributed by atoms with E-state index in [1.165, 1.54) is 0 Å². The number of aliphatic imine (C=N–C) groups is 1. The summed E-state index contributed by atoms with van der Waals surface area (Å²) in [6, 6.07) is 0. The quantitative estimate of drug-likeness (QED) is 0.462. The summed E-state index contributed by atoms with van der Waals surface area (Å²) in [5.41, 5.74) is 1.03. The summed E-state index contributed by atoms with van der Waals surface area (Å²) >= 11 is 0. The van der Waals surface area contributed by atoms with Crippen molar-refractivity contribution in [3.8, 4) is 0 Å². The Bertz CT molecular complexity index is 137. The molecule has 0 aromatic carbocycles. The van der Waals surface area contributed by atoms with Crippen LogP contribution in [0, 0.1) is 0 Å². The Morgan fingerprint density at radius 3 is 2.88 bits per heavy atom. The van der Waals surface area contributed by atoms with E-state index in [0.29, 0.717) is 0 Å². The molecule has 8 heavy (non-hydrogen) atoms. The molecule has 0 amide bonds. The van der Waals surface area contributed by atoms with Crippen molar-refractivity contribution >= 4 is 5.71 Å². The van der Waals surface area contributed by atoms with Crippen LogP contribution in [0.2, 0.25) is 0 Å². The molecule has 1 aliphatic heterocycles. The molecule has 0 aromatic heterocycles. The fourth-order valence-electron chi connectivity index (χ4n) is 0.612. The van der Waals surface area contributed by atoms with E-state index in [0.717, 1.165) is 5.71 Å². The van der Waals surface area contributed by atoms with E-state index in [1.54, 1.807) is 6.26 Å². The van der Waals surface area contributed by atoms with Crippen molar-refractivity contribution in [1.82, 2.24) is 0 Å². The van der Waals surface area contributed by atoms with Gasteiger partial charge in [-0.1, -0.05) is 0 Å². The van der Waals surface area contributed by atoms with Crippen LogP contribution in [-0.4, -0.2) is 11.9 Å². The molecule has 2 nitrogen and oxygen atoms in total. The monoisotopic (exact) mass is 111 g/mol. The van der Waals surface area contributed by atoms with Gasteiger partial charge < -0.3 is 4.74 Å². The molecule has 44 valence electrons. The third-order valence-corrected chi connectivity index (χ3v) is 0.970. The smallest absolute Gasteiger partial charge is 0.186 e. The van der Waals surface area contributed by atoms with Gasteiger partial charge in [-0.25, -0.2) is 4.99 Å². The minimum atomic E-state index is 0.0139. The maximum atomic E-state index is 4.98. The number of hydrogen-bond acceptors (Lipinski definition) is 2. The molecule has 0 N–H and O–H groups in total. The third kappa shape index (κ3) is 1.09. The van der Waals surface area contributed by atoms with E-state index in [4.69, 9.17) is 4.74 Å². The number of allylic oxidation sites excluding steroid dienone is 1. The maximum Gasteiger partial charge on any atom is 0.186 e. The first-order valence-corrected chi connectivity index (χ1v) is 2.65. The van der Waals surface area contributed by atoms with Crippen LogP contribution in [0.3, 0.4) is 0 Å². The van der Waals surface area contributed by atoms with Crippen LogP contribution in [0.15, 0.2) is 17.3 Å². The second kappa shape index (κ2) is 1.99. The molecule has 0 radical (unpaired) electrons.